The van der Waals surface area contributed by atoms with Crippen LogP contribution in [0.25, 0.3) is 11.0 Å². The van der Waals surface area contributed by atoms with Crippen molar-refractivity contribution < 1.29 is 9.59 Å². The lowest BCUT2D eigenvalue weighted by molar-refractivity contribution is -0.119. The number of amides is 1. The lowest BCUT2D eigenvalue weighted by atomic mass is 10.2. The second-order valence-electron chi connectivity index (χ2n) is 5.14. The van der Waals surface area contributed by atoms with Crippen LogP contribution >= 0.6 is 0 Å². The number of hydrogen-bond donors (Lipinski definition) is 0. The van der Waals surface area contributed by atoms with Gasteiger partial charge in [0.2, 0.25) is 5.91 Å². The third-order valence-corrected chi connectivity index (χ3v) is 3.77. The van der Waals surface area contributed by atoms with Gasteiger partial charge in [-0.2, -0.15) is 0 Å². The van der Waals surface area contributed by atoms with Crippen LogP contribution in [0, 0.1) is 0 Å². The van der Waals surface area contributed by atoms with Crippen LogP contribution in [-0.4, -0.2) is 28.3 Å². The Balaban J connectivity index is 1.95. The van der Waals surface area contributed by atoms with Gasteiger partial charge in [-0.1, -0.05) is 30.3 Å². The number of anilines is 1. The summed E-state index contributed by atoms with van der Waals surface area (Å²) in [5.41, 5.74) is 2.34. The van der Waals surface area contributed by atoms with E-state index in [0.29, 0.717) is 18.3 Å². The first-order valence-corrected chi connectivity index (χ1v) is 7.50. The molecule has 116 valence electrons. The van der Waals surface area contributed by atoms with Gasteiger partial charge in [-0.25, -0.2) is 4.98 Å². The molecule has 0 spiro atoms. The largest absolute Gasteiger partial charge is 0.312 e. The van der Waals surface area contributed by atoms with Crippen LogP contribution in [0.2, 0.25) is 0 Å². The zero-order valence-electron chi connectivity index (χ0n) is 12.8. The molecule has 0 bridgehead atoms. The maximum absolute atomic E-state index is 12.7. The zero-order valence-corrected chi connectivity index (χ0v) is 12.8. The standard InChI is InChI=1S/C18H17N3O2/c1-2-20(14-8-4-3-5-9-14)18(23)12-21-16-11-7-6-10-15(16)19-17(21)13-22/h3-11,13H,2,12H2,1H3. The number of nitrogens with zero attached hydrogens (tertiary/aromatic N) is 3. The lowest BCUT2D eigenvalue weighted by Gasteiger charge is -2.21. The number of fused-ring (bicyclic) bond motifs is 1. The van der Waals surface area contributed by atoms with Crippen molar-refractivity contribution >= 4 is 28.9 Å². The predicted molar refractivity (Wildman–Crippen MR) is 89.6 cm³/mol. The van der Waals surface area contributed by atoms with Gasteiger partial charge in [0.05, 0.1) is 11.0 Å². The summed E-state index contributed by atoms with van der Waals surface area (Å²) in [7, 11) is 0. The second kappa shape index (κ2) is 6.44. The summed E-state index contributed by atoms with van der Waals surface area (Å²) >= 11 is 0. The molecule has 23 heavy (non-hydrogen) atoms. The average Bonchev–Trinajstić information content (AvgIpc) is 2.94. The zero-order chi connectivity index (χ0) is 16.2. The number of imidazole rings is 1. The Kier molecular flexibility index (Phi) is 4.19. The Hall–Kier alpha value is -2.95. The van der Waals surface area contributed by atoms with Gasteiger partial charge in [-0.3, -0.25) is 9.59 Å². The number of para-hydroxylation sites is 3. The van der Waals surface area contributed by atoms with E-state index in [1.807, 2.05) is 61.5 Å². The molecule has 0 unspecified atom stereocenters. The van der Waals surface area contributed by atoms with E-state index >= 15 is 0 Å². The van der Waals surface area contributed by atoms with Gasteiger partial charge in [-0.15, -0.1) is 0 Å². The Bertz CT molecular complexity index is 840. The Morgan fingerprint density at radius 3 is 2.52 bits per heavy atom. The average molecular weight is 307 g/mol. The van der Waals surface area contributed by atoms with Crippen molar-refractivity contribution in [2.24, 2.45) is 0 Å². The van der Waals surface area contributed by atoms with Crippen molar-refractivity contribution in [3.63, 3.8) is 0 Å². The predicted octanol–water partition coefficient (Wildman–Crippen LogP) is 2.90. The molecule has 5 heteroatoms. The molecule has 0 aliphatic carbocycles. The molecule has 3 aromatic rings. The number of carbonyl (C=O) groups is 2. The normalized spacial score (nSPS) is 10.7. The van der Waals surface area contributed by atoms with Gasteiger partial charge in [0, 0.05) is 12.2 Å². The minimum Gasteiger partial charge on any atom is -0.312 e. The molecule has 0 atom stereocenters. The SMILES string of the molecule is CCN(C(=O)Cn1c(C=O)nc2ccccc21)c1ccccc1. The first-order chi connectivity index (χ1) is 11.2. The molecule has 3 rings (SSSR count). The first kappa shape index (κ1) is 15.0. The highest BCUT2D eigenvalue weighted by molar-refractivity contribution is 5.95. The van der Waals surface area contributed by atoms with Gasteiger partial charge < -0.3 is 9.47 Å². The van der Waals surface area contributed by atoms with E-state index in [2.05, 4.69) is 4.98 Å². The number of benzene rings is 2. The van der Waals surface area contributed by atoms with Crippen LogP contribution in [0.5, 0.6) is 0 Å². The van der Waals surface area contributed by atoms with E-state index in [1.54, 1.807) is 9.47 Å². The quantitative estimate of drug-likeness (QED) is 0.681. The highest BCUT2D eigenvalue weighted by Gasteiger charge is 2.18. The van der Waals surface area contributed by atoms with Gasteiger partial charge in [0.25, 0.3) is 0 Å². The van der Waals surface area contributed by atoms with E-state index in [0.717, 1.165) is 11.2 Å². The number of carbonyl (C=O) groups excluding carboxylic acids is 2. The Labute approximate surface area is 134 Å². The molecule has 5 nitrogen and oxygen atoms in total. The Morgan fingerprint density at radius 1 is 1.13 bits per heavy atom. The molecular formula is C18H17N3O2. The molecule has 0 fully saturated rings. The third-order valence-electron chi connectivity index (χ3n) is 3.77. The summed E-state index contributed by atoms with van der Waals surface area (Å²) < 4.78 is 1.66. The Morgan fingerprint density at radius 2 is 1.83 bits per heavy atom. The summed E-state index contributed by atoms with van der Waals surface area (Å²) in [4.78, 5) is 30.0. The fraction of sp³-hybridized carbons (Fsp3) is 0.167. The summed E-state index contributed by atoms with van der Waals surface area (Å²) in [6.45, 7) is 2.57. The van der Waals surface area contributed by atoms with Gasteiger partial charge in [0.15, 0.2) is 12.1 Å². The van der Waals surface area contributed by atoms with Crippen LogP contribution in [0.3, 0.4) is 0 Å². The molecule has 0 N–H and O–H groups in total. The van der Waals surface area contributed by atoms with Crippen molar-refractivity contribution in [3.05, 3.63) is 60.4 Å². The lowest BCUT2D eigenvalue weighted by Crippen LogP contribution is -2.34. The molecule has 0 saturated heterocycles. The minimum absolute atomic E-state index is 0.0787. The van der Waals surface area contributed by atoms with Gasteiger partial charge in [-0.05, 0) is 31.2 Å². The summed E-state index contributed by atoms with van der Waals surface area (Å²) in [5.74, 6) is 0.189. The summed E-state index contributed by atoms with van der Waals surface area (Å²) in [5, 5.41) is 0. The van der Waals surface area contributed by atoms with Gasteiger partial charge >= 0.3 is 0 Å². The molecule has 0 aliphatic heterocycles. The first-order valence-electron chi connectivity index (χ1n) is 7.50. The topological polar surface area (TPSA) is 55.2 Å². The maximum Gasteiger partial charge on any atom is 0.246 e. The molecule has 1 heterocycles. The van der Waals surface area contributed by atoms with E-state index in [9.17, 15) is 9.59 Å². The van der Waals surface area contributed by atoms with Crippen molar-refractivity contribution in [3.8, 4) is 0 Å². The molecule has 2 aromatic carbocycles. The number of rotatable bonds is 5. The summed E-state index contributed by atoms with van der Waals surface area (Å²) in [6.07, 6.45) is 0.687. The number of aldehydes is 1. The van der Waals surface area contributed by atoms with E-state index < -0.39 is 0 Å². The molecular weight excluding hydrogens is 290 g/mol. The number of likely N-dealkylation sites (N-methyl/N-ethyl adjacent to an activating group) is 1. The fourth-order valence-electron chi connectivity index (χ4n) is 2.68. The second-order valence-corrected chi connectivity index (χ2v) is 5.14. The number of aromatic nitrogens is 2. The smallest absolute Gasteiger partial charge is 0.246 e. The van der Waals surface area contributed by atoms with Crippen LogP contribution in [0.4, 0.5) is 5.69 Å². The summed E-state index contributed by atoms with van der Waals surface area (Å²) in [6, 6.07) is 16.9. The molecule has 0 saturated carbocycles. The van der Waals surface area contributed by atoms with Crippen LogP contribution in [0.15, 0.2) is 54.6 Å². The van der Waals surface area contributed by atoms with Gasteiger partial charge in [0.1, 0.15) is 6.54 Å². The van der Waals surface area contributed by atoms with E-state index in [1.165, 1.54) is 0 Å². The molecule has 1 amide bonds. The van der Waals surface area contributed by atoms with E-state index in [4.69, 9.17) is 0 Å². The van der Waals surface area contributed by atoms with Crippen molar-refractivity contribution in [2.75, 3.05) is 11.4 Å². The van der Waals surface area contributed by atoms with Crippen LogP contribution < -0.4 is 4.90 Å². The van der Waals surface area contributed by atoms with Crippen molar-refractivity contribution in [2.45, 2.75) is 13.5 Å². The van der Waals surface area contributed by atoms with Crippen molar-refractivity contribution in [1.29, 1.82) is 0 Å². The third kappa shape index (κ3) is 2.85. The highest BCUT2D eigenvalue weighted by Crippen LogP contribution is 2.18. The highest BCUT2D eigenvalue weighted by atomic mass is 16.2. The van der Waals surface area contributed by atoms with Crippen LogP contribution in [0.1, 0.15) is 17.5 Å². The van der Waals surface area contributed by atoms with Crippen LogP contribution in [-0.2, 0) is 11.3 Å². The fourth-order valence-corrected chi connectivity index (χ4v) is 2.68. The van der Waals surface area contributed by atoms with E-state index in [-0.39, 0.29) is 18.3 Å². The monoisotopic (exact) mass is 307 g/mol. The molecule has 0 aliphatic rings. The van der Waals surface area contributed by atoms with Crippen molar-refractivity contribution in [1.82, 2.24) is 9.55 Å². The maximum atomic E-state index is 12.7. The molecule has 1 aromatic heterocycles. The number of hydrogen-bond acceptors (Lipinski definition) is 3. The molecule has 0 radical (unpaired) electrons. The minimum atomic E-state index is -0.0787.